The molecule has 19 heavy (non-hydrogen) atoms. The molecule has 0 aliphatic carbocycles. The number of benzene rings is 1. The number of hydrogen-bond donors (Lipinski definition) is 2. The van der Waals surface area contributed by atoms with Gasteiger partial charge in [0.05, 0.1) is 6.33 Å². The molecule has 6 heteroatoms. The minimum atomic E-state index is -0.431. The van der Waals surface area contributed by atoms with Gasteiger partial charge < -0.3 is 9.88 Å². The smallest absolute Gasteiger partial charge is 0.251 e. The van der Waals surface area contributed by atoms with Crippen LogP contribution in [0.3, 0.4) is 0 Å². The van der Waals surface area contributed by atoms with E-state index in [0.717, 1.165) is 13.0 Å². The Morgan fingerprint density at radius 3 is 3.00 bits per heavy atom. The molecule has 0 aliphatic rings. The Morgan fingerprint density at radius 2 is 2.32 bits per heavy atom. The third-order valence-corrected chi connectivity index (χ3v) is 2.99. The zero-order valence-electron chi connectivity index (χ0n) is 10.2. The Balaban J connectivity index is 1.79. The molecule has 1 aromatic heterocycles. The number of carbonyl (C=O) groups excluding carboxylic acids is 1. The lowest BCUT2D eigenvalue weighted by Gasteiger charge is -2.06. The highest BCUT2D eigenvalue weighted by atomic mass is 32.1. The molecular weight excluding hydrogens is 265 g/mol. The third kappa shape index (κ3) is 3.82. The third-order valence-electron chi connectivity index (χ3n) is 2.65. The van der Waals surface area contributed by atoms with Gasteiger partial charge in [0.2, 0.25) is 0 Å². The first-order chi connectivity index (χ1) is 9.16. The van der Waals surface area contributed by atoms with E-state index < -0.39 is 5.82 Å². The van der Waals surface area contributed by atoms with Gasteiger partial charge in [-0.2, -0.15) is 0 Å². The number of halogens is 1. The first-order valence-corrected chi connectivity index (χ1v) is 6.34. The number of nitrogens with one attached hydrogen (secondary N) is 1. The lowest BCUT2D eigenvalue weighted by molar-refractivity contribution is 0.0952. The summed E-state index contributed by atoms with van der Waals surface area (Å²) in [6, 6.07) is 4.10. The van der Waals surface area contributed by atoms with E-state index in [4.69, 9.17) is 0 Å². The molecule has 2 rings (SSSR count). The fourth-order valence-electron chi connectivity index (χ4n) is 1.64. The number of carbonyl (C=O) groups is 1. The van der Waals surface area contributed by atoms with E-state index in [-0.39, 0.29) is 10.8 Å². The SMILES string of the molecule is O=C(NCCCn1ccnc1)c1ccc(F)c(S)c1. The number of thiol groups is 1. The summed E-state index contributed by atoms with van der Waals surface area (Å²) in [4.78, 5) is 15.9. The Labute approximate surface area is 116 Å². The quantitative estimate of drug-likeness (QED) is 0.650. The van der Waals surface area contributed by atoms with Crippen molar-refractivity contribution in [1.29, 1.82) is 0 Å². The van der Waals surface area contributed by atoms with E-state index in [1.165, 1.54) is 18.2 Å². The van der Waals surface area contributed by atoms with Crippen molar-refractivity contribution < 1.29 is 9.18 Å². The van der Waals surface area contributed by atoms with Crippen LogP contribution >= 0.6 is 12.6 Å². The van der Waals surface area contributed by atoms with Crippen molar-refractivity contribution in [3.63, 3.8) is 0 Å². The van der Waals surface area contributed by atoms with Crippen molar-refractivity contribution in [1.82, 2.24) is 14.9 Å². The summed E-state index contributed by atoms with van der Waals surface area (Å²) in [6.45, 7) is 1.35. The highest BCUT2D eigenvalue weighted by molar-refractivity contribution is 7.80. The van der Waals surface area contributed by atoms with Gasteiger partial charge in [-0.1, -0.05) is 0 Å². The van der Waals surface area contributed by atoms with Gasteiger partial charge in [-0.3, -0.25) is 4.79 Å². The zero-order chi connectivity index (χ0) is 13.7. The van der Waals surface area contributed by atoms with Crippen molar-refractivity contribution in [2.45, 2.75) is 17.9 Å². The van der Waals surface area contributed by atoms with Crippen LogP contribution < -0.4 is 5.32 Å². The van der Waals surface area contributed by atoms with Gasteiger partial charge in [0.25, 0.3) is 5.91 Å². The molecule has 0 saturated carbocycles. The van der Waals surface area contributed by atoms with Crippen molar-refractivity contribution >= 4 is 18.5 Å². The molecule has 0 spiro atoms. The largest absolute Gasteiger partial charge is 0.352 e. The van der Waals surface area contributed by atoms with Crippen molar-refractivity contribution in [2.24, 2.45) is 0 Å². The molecule has 1 amide bonds. The van der Waals surface area contributed by atoms with E-state index in [1.807, 2.05) is 10.8 Å². The maximum atomic E-state index is 13.0. The van der Waals surface area contributed by atoms with E-state index in [2.05, 4.69) is 22.9 Å². The molecule has 1 N–H and O–H groups in total. The molecule has 2 aromatic rings. The monoisotopic (exact) mass is 279 g/mol. The summed E-state index contributed by atoms with van der Waals surface area (Å²) in [5, 5.41) is 2.78. The predicted molar refractivity (Wildman–Crippen MR) is 72.8 cm³/mol. The number of nitrogens with zero attached hydrogens (tertiary/aromatic N) is 2. The lowest BCUT2D eigenvalue weighted by atomic mass is 10.2. The molecule has 0 saturated heterocycles. The highest BCUT2D eigenvalue weighted by Gasteiger charge is 2.07. The average molecular weight is 279 g/mol. The predicted octanol–water partition coefficient (Wildman–Crippen LogP) is 2.13. The second kappa shape index (κ2) is 6.38. The fourth-order valence-corrected chi connectivity index (χ4v) is 1.85. The Kier molecular flexibility index (Phi) is 4.57. The number of aromatic nitrogens is 2. The Morgan fingerprint density at radius 1 is 1.47 bits per heavy atom. The van der Waals surface area contributed by atoms with Crippen LogP contribution in [0.15, 0.2) is 41.8 Å². The molecule has 0 bridgehead atoms. The number of aryl methyl sites for hydroxylation is 1. The van der Waals surface area contributed by atoms with Gasteiger partial charge in [-0.15, -0.1) is 12.6 Å². The molecule has 0 fully saturated rings. The first-order valence-electron chi connectivity index (χ1n) is 5.89. The van der Waals surface area contributed by atoms with E-state index >= 15 is 0 Å². The number of amides is 1. The Bertz CT molecular complexity index is 557. The van der Waals surface area contributed by atoms with Gasteiger partial charge in [-0.25, -0.2) is 9.37 Å². The summed E-state index contributed by atoms with van der Waals surface area (Å²) in [5.41, 5.74) is 0.411. The van der Waals surface area contributed by atoms with E-state index in [0.29, 0.717) is 12.1 Å². The van der Waals surface area contributed by atoms with Crippen molar-refractivity contribution in [3.8, 4) is 0 Å². The second-order valence-electron chi connectivity index (χ2n) is 4.08. The van der Waals surface area contributed by atoms with Crippen LogP contribution in [-0.4, -0.2) is 22.0 Å². The number of rotatable bonds is 5. The van der Waals surface area contributed by atoms with E-state index in [9.17, 15) is 9.18 Å². The van der Waals surface area contributed by atoms with Gasteiger partial charge in [0.15, 0.2) is 0 Å². The van der Waals surface area contributed by atoms with Gasteiger partial charge in [0.1, 0.15) is 5.82 Å². The highest BCUT2D eigenvalue weighted by Crippen LogP contribution is 2.14. The first kappa shape index (κ1) is 13.6. The maximum Gasteiger partial charge on any atom is 0.251 e. The van der Waals surface area contributed by atoms with Gasteiger partial charge in [0, 0.05) is 35.9 Å². The molecule has 0 aliphatic heterocycles. The molecule has 0 atom stereocenters. The standard InChI is InChI=1S/C13H14FN3OS/c14-11-3-2-10(8-12(11)19)13(18)16-4-1-6-17-7-5-15-9-17/h2-3,5,7-9,19H,1,4,6H2,(H,16,18). The van der Waals surface area contributed by atoms with Crippen LogP contribution in [0.4, 0.5) is 4.39 Å². The maximum absolute atomic E-state index is 13.0. The summed E-state index contributed by atoms with van der Waals surface area (Å²) in [7, 11) is 0. The molecule has 1 heterocycles. The van der Waals surface area contributed by atoms with Crippen LogP contribution in [0.5, 0.6) is 0 Å². The molecule has 0 radical (unpaired) electrons. The van der Waals surface area contributed by atoms with Crippen LogP contribution in [0.2, 0.25) is 0 Å². The number of imidazole rings is 1. The molecule has 0 unspecified atom stereocenters. The Hall–Kier alpha value is -1.82. The summed E-state index contributed by atoms with van der Waals surface area (Å²) >= 11 is 3.95. The van der Waals surface area contributed by atoms with Crippen LogP contribution in [0, 0.1) is 5.82 Å². The topological polar surface area (TPSA) is 46.9 Å². The van der Waals surface area contributed by atoms with Gasteiger partial charge >= 0.3 is 0 Å². The summed E-state index contributed by atoms with van der Waals surface area (Å²) in [6.07, 6.45) is 6.12. The van der Waals surface area contributed by atoms with Crippen LogP contribution in [-0.2, 0) is 6.54 Å². The zero-order valence-corrected chi connectivity index (χ0v) is 11.1. The molecule has 4 nitrogen and oxygen atoms in total. The lowest BCUT2D eigenvalue weighted by Crippen LogP contribution is -2.25. The summed E-state index contributed by atoms with van der Waals surface area (Å²) < 4.78 is 14.9. The van der Waals surface area contributed by atoms with E-state index in [1.54, 1.807) is 12.5 Å². The number of hydrogen-bond acceptors (Lipinski definition) is 3. The van der Waals surface area contributed by atoms with Gasteiger partial charge in [-0.05, 0) is 24.6 Å². The minimum absolute atomic E-state index is 0.172. The summed E-state index contributed by atoms with van der Waals surface area (Å²) in [5.74, 6) is -0.652. The van der Waals surface area contributed by atoms with Crippen molar-refractivity contribution in [2.75, 3.05) is 6.54 Å². The molecule has 1 aromatic carbocycles. The second-order valence-corrected chi connectivity index (χ2v) is 4.56. The minimum Gasteiger partial charge on any atom is -0.352 e. The van der Waals surface area contributed by atoms with Crippen molar-refractivity contribution in [3.05, 3.63) is 48.3 Å². The molecular formula is C13H14FN3OS. The fraction of sp³-hybridized carbons (Fsp3) is 0.231. The normalized spacial score (nSPS) is 10.4. The average Bonchev–Trinajstić information content (AvgIpc) is 2.91. The van der Waals surface area contributed by atoms with Crippen LogP contribution in [0.1, 0.15) is 16.8 Å². The van der Waals surface area contributed by atoms with Crippen LogP contribution in [0.25, 0.3) is 0 Å². The molecule has 100 valence electrons.